The molecule has 1 atom stereocenters. The number of aryl methyl sites for hydroxylation is 1. The number of hydrogen-bond acceptors (Lipinski definition) is 4. The third kappa shape index (κ3) is 4.54. The molecule has 3 aromatic rings. The number of nitrogens with zero attached hydrogens (tertiary/aromatic N) is 1. The molecule has 0 aliphatic carbocycles. The summed E-state index contributed by atoms with van der Waals surface area (Å²) in [7, 11) is 0. The van der Waals surface area contributed by atoms with Gasteiger partial charge in [-0.15, -0.1) is 0 Å². The van der Waals surface area contributed by atoms with Gasteiger partial charge in [0.2, 0.25) is 5.91 Å². The topological polar surface area (TPSA) is 75.7 Å². The van der Waals surface area contributed by atoms with Crippen molar-refractivity contribution in [1.82, 2.24) is 10.2 Å². The Balaban J connectivity index is 1.47. The van der Waals surface area contributed by atoms with E-state index >= 15 is 0 Å². The van der Waals surface area contributed by atoms with E-state index < -0.39 is 23.8 Å². The van der Waals surface area contributed by atoms with E-state index in [1.54, 1.807) is 24.3 Å². The quantitative estimate of drug-likeness (QED) is 0.441. The molecule has 0 spiro atoms. The Labute approximate surface area is 186 Å². The van der Waals surface area contributed by atoms with Gasteiger partial charge in [-0.2, -0.15) is 0 Å². The van der Waals surface area contributed by atoms with Crippen LogP contribution in [0.1, 0.15) is 31.8 Å². The zero-order chi connectivity index (χ0) is 22.5. The molecule has 1 heterocycles. The number of amides is 3. The van der Waals surface area contributed by atoms with E-state index in [-0.39, 0.29) is 19.6 Å². The van der Waals surface area contributed by atoms with Crippen LogP contribution < -0.4 is 10.1 Å². The van der Waals surface area contributed by atoms with Gasteiger partial charge in [-0.05, 0) is 36.8 Å². The predicted octanol–water partition coefficient (Wildman–Crippen LogP) is 3.40. The Morgan fingerprint density at radius 2 is 1.47 bits per heavy atom. The Bertz CT molecular complexity index is 1090. The van der Waals surface area contributed by atoms with Crippen molar-refractivity contribution in [3.05, 3.63) is 101 Å². The fourth-order valence-corrected chi connectivity index (χ4v) is 3.72. The van der Waals surface area contributed by atoms with Crippen LogP contribution in [0, 0.1) is 6.92 Å². The van der Waals surface area contributed by atoms with Gasteiger partial charge in [-0.25, -0.2) is 0 Å². The number of imide groups is 1. The summed E-state index contributed by atoms with van der Waals surface area (Å²) in [6.07, 6.45) is 0.233. The number of rotatable bonds is 8. The van der Waals surface area contributed by atoms with Crippen molar-refractivity contribution in [3.8, 4) is 5.75 Å². The van der Waals surface area contributed by atoms with Crippen LogP contribution in [-0.2, 0) is 11.2 Å². The monoisotopic (exact) mass is 428 g/mol. The molecule has 1 unspecified atom stereocenters. The normalized spacial score (nSPS) is 13.6. The number of ether oxygens (including phenoxy) is 1. The van der Waals surface area contributed by atoms with Gasteiger partial charge in [0.15, 0.2) is 0 Å². The highest BCUT2D eigenvalue weighted by atomic mass is 16.5. The summed E-state index contributed by atoms with van der Waals surface area (Å²) in [5.41, 5.74) is 2.65. The number of carbonyl (C=O) groups excluding carboxylic acids is 3. The second kappa shape index (κ2) is 9.47. The van der Waals surface area contributed by atoms with Gasteiger partial charge in [-0.1, -0.05) is 60.2 Å². The first-order valence-corrected chi connectivity index (χ1v) is 10.5. The van der Waals surface area contributed by atoms with Gasteiger partial charge in [0, 0.05) is 6.42 Å². The van der Waals surface area contributed by atoms with Crippen molar-refractivity contribution >= 4 is 17.7 Å². The van der Waals surface area contributed by atoms with Crippen molar-refractivity contribution in [2.45, 2.75) is 19.4 Å². The van der Waals surface area contributed by atoms with Crippen molar-refractivity contribution in [1.29, 1.82) is 0 Å². The Kier molecular flexibility index (Phi) is 6.31. The minimum absolute atomic E-state index is 0.233. The second-order valence-electron chi connectivity index (χ2n) is 7.68. The molecule has 6 nitrogen and oxygen atoms in total. The average Bonchev–Trinajstić information content (AvgIpc) is 3.07. The van der Waals surface area contributed by atoms with Gasteiger partial charge in [0.25, 0.3) is 11.8 Å². The largest absolute Gasteiger partial charge is 0.492 e. The second-order valence-corrected chi connectivity index (χ2v) is 7.68. The van der Waals surface area contributed by atoms with Crippen LogP contribution in [0.4, 0.5) is 0 Å². The van der Waals surface area contributed by atoms with Crippen molar-refractivity contribution < 1.29 is 19.1 Å². The van der Waals surface area contributed by atoms with E-state index in [4.69, 9.17) is 4.74 Å². The first-order valence-electron chi connectivity index (χ1n) is 10.5. The molecular weight excluding hydrogens is 404 g/mol. The summed E-state index contributed by atoms with van der Waals surface area (Å²) in [4.78, 5) is 40.2. The zero-order valence-corrected chi connectivity index (χ0v) is 17.8. The summed E-state index contributed by atoms with van der Waals surface area (Å²) in [6, 6.07) is 22.7. The maximum absolute atomic E-state index is 13.1. The average molecular weight is 428 g/mol. The van der Waals surface area contributed by atoms with Crippen LogP contribution in [-0.4, -0.2) is 41.8 Å². The zero-order valence-electron chi connectivity index (χ0n) is 17.8. The van der Waals surface area contributed by atoms with E-state index in [2.05, 4.69) is 5.32 Å². The molecule has 0 aromatic heterocycles. The highest BCUT2D eigenvalue weighted by Gasteiger charge is 2.42. The third-order valence-corrected chi connectivity index (χ3v) is 5.40. The summed E-state index contributed by atoms with van der Waals surface area (Å²) in [6.45, 7) is 2.52. The number of fused-ring (bicyclic) bond motifs is 1. The highest BCUT2D eigenvalue weighted by Crippen LogP contribution is 2.26. The van der Waals surface area contributed by atoms with E-state index in [1.165, 1.54) is 0 Å². The van der Waals surface area contributed by atoms with E-state index in [9.17, 15) is 14.4 Å². The Morgan fingerprint density at radius 1 is 0.875 bits per heavy atom. The molecule has 3 aromatic carbocycles. The van der Waals surface area contributed by atoms with Crippen LogP contribution in [0.15, 0.2) is 78.9 Å². The Morgan fingerprint density at radius 3 is 2.09 bits per heavy atom. The molecule has 0 bridgehead atoms. The fraction of sp³-hybridized carbons (Fsp3) is 0.192. The van der Waals surface area contributed by atoms with E-state index in [1.807, 2.05) is 61.5 Å². The SMILES string of the molecule is Cc1ccc(OCCNC(=O)C(Cc2ccccc2)N2C(=O)c3ccccc3C2=O)cc1. The minimum Gasteiger partial charge on any atom is -0.492 e. The van der Waals surface area contributed by atoms with Crippen LogP contribution in [0.3, 0.4) is 0 Å². The first-order chi connectivity index (χ1) is 15.5. The lowest BCUT2D eigenvalue weighted by Gasteiger charge is -2.25. The molecule has 0 radical (unpaired) electrons. The fourth-order valence-electron chi connectivity index (χ4n) is 3.72. The molecule has 0 fully saturated rings. The van der Waals surface area contributed by atoms with Crippen LogP contribution in [0.25, 0.3) is 0 Å². The Hall–Kier alpha value is -3.93. The van der Waals surface area contributed by atoms with Gasteiger partial charge in [-0.3, -0.25) is 19.3 Å². The summed E-state index contributed by atoms with van der Waals surface area (Å²) >= 11 is 0. The molecule has 6 heteroatoms. The van der Waals surface area contributed by atoms with E-state index in [0.29, 0.717) is 16.9 Å². The summed E-state index contributed by atoms with van der Waals surface area (Å²) in [5, 5.41) is 2.82. The van der Waals surface area contributed by atoms with Gasteiger partial charge in [0.1, 0.15) is 18.4 Å². The van der Waals surface area contributed by atoms with Crippen molar-refractivity contribution in [2.24, 2.45) is 0 Å². The lowest BCUT2D eigenvalue weighted by molar-refractivity contribution is -0.125. The summed E-state index contributed by atoms with van der Waals surface area (Å²) in [5.74, 6) is -0.572. The van der Waals surface area contributed by atoms with Crippen molar-refractivity contribution in [2.75, 3.05) is 13.2 Å². The predicted molar refractivity (Wildman–Crippen MR) is 121 cm³/mol. The molecule has 3 amide bonds. The third-order valence-electron chi connectivity index (χ3n) is 5.40. The molecule has 1 N–H and O–H groups in total. The lowest BCUT2D eigenvalue weighted by atomic mass is 10.0. The van der Waals surface area contributed by atoms with Crippen molar-refractivity contribution in [3.63, 3.8) is 0 Å². The van der Waals surface area contributed by atoms with Crippen LogP contribution in [0.5, 0.6) is 5.75 Å². The molecular formula is C26H24N2O4. The first kappa shape index (κ1) is 21.3. The summed E-state index contributed by atoms with van der Waals surface area (Å²) < 4.78 is 5.67. The highest BCUT2D eigenvalue weighted by molar-refractivity contribution is 6.22. The molecule has 0 saturated heterocycles. The maximum atomic E-state index is 13.1. The number of hydrogen-bond donors (Lipinski definition) is 1. The number of benzene rings is 3. The molecule has 162 valence electrons. The van der Waals surface area contributed by atoms with Crippen LogP contribution in [0.2, 0.25) is 0 Å². The number of nitrogens with one attached hydrogen (secondary N) is 1. The van der Waals surface area contributed by atoms with Gasteiger partial charge >= 0.3 is 0 Å². The molecule has 1 aliphatic rings. The van der Waals surface area contributed by atoms with Gasteiger partial charge < -0.3 is 10.1 Å². The minimum atomic E-state index is -0.954. The maximum Gasteiger partial charge on any atom is 0.262 e. The number of carbonyl (C=O) groups is 3. The molecule has 1 aliphatic heterocycles. The lowest BCUT2D eigenvalue weighted by Crippen LogP contribution is -2.51. The standard InChI is InChI=1S/C26H24N2O4/c1-18-11-13-20(14-12-18)32-16-15-27-24(29)23(17-19-7-3-2-4-8-19)28-25(30)21-9-5-6-10-22(21)26(28)31/h2-14,23H,15-17H2,1H3,(H,27,29). The van der Waals surface area contributed by atoms with E-state index in [0.717, 1.165) is 16.0 Å². The molecule has 4 rings (SSSR count). The van der Waals surface area contributed by atoms with Crippen LogP contribution >= 0.6 is 0 Å². The molecule has 0 saturated carbocycles. The smallest absolute Gasteiger partial charge is 0.262 e. The molecule has 32 heavy (non-hydrogen) atoms. The van der Waals surface area contributed by atoms with Gasteiger partial charge in [0.05, 0.1) is 17.7 Å².